The van der Waals surface area contributed by atoms with E-state index in [1.165, 1.54) is 5.39 Å². The molecule has 1 aromatic carbocycles. The van der Waals surface area contributed by atoms with Crippen LogP contribution in [0.25, 0.3) is 10.8 Å². The maximum Gasteiger partial charge on any atom is 0.407 e. The topological polar surface area (TPSA) is 63.2 Å². The van der Waals surface area contributed by atoms with Crippen LogP contribution in [0.3, 0.4) is 0 Å². The molecule has 1 saturated carbocycles. The van der Waals surface area contributed by atoms with Crippen LogP contribution >= 0.6 is 0 Å². The number of carbonyl (C=O) groups is 1. The Balaban J connectivity index is 1.53. The fraction of sp³-hybridized carbons (Fsp3) is 0.500. The Hall–Kier alpha value is -2.30. The van der Waals surface area contributed by atoms with Crippen molar-refractivity contribution < 1.29 is 9.53 Å². The third kappa shape index (κ3) is 4.84. The Kier molecular flexibility index (Phi) is 5.11. The zero-order valence-corrected chi connectivity index (χ0v) is 15.2. The lowest BCUT2D eigenvalue weighted by molar-refractivity contribution is 0.0492. The predicted molar refractivity (Wildman–Crippen MR) is 101 cm³/mol. The summed E-state index contributed by atoms with van der Waals surface area (Å²) in [6.07, 6.45) is 7.39. The minimum Gasteiger partial charge on any atom is -0.444 e. The van der Waals surface area contributed by atoms with E-state index in [9.17, 15) is 4.79 Å². The molecular weight excluding hydrogens is 314 g/mol. The number of alkyl carbamates (subject to hydrolysis) is 1. The van der Waals surface area contributed by atoms with E-state index in [0.717, 1.165) is 36.8 Å². The van der Waals surface area contributed by atoms with Crippen molar-refractivity contribution in [3.8, 4) is 0 Å². The molecule has 0 bridgehead atoms. The number of amides is 1. The summed E-state index contributed by atoms with van der Waals surface area (Å²) in [5.74, 6) is 0. The van der Waals surface area contributed by atoms with Gasteiger partial charge in [0.1, 0.15) is 5.60 Å². The zero-order valence-electron chi connectivity index (χ0n) is 15.2. The average molecular weight is 341 g/mol. The van der Waals surface area contributed by atoms with Gasteiger partial charge in [0.05, 0.1) is 0 Å². The molecule has 0 spiro atoms. The van der Waals surface area contributed by atoms with Crippen LogP contribution in [0.4, 0.5) is 10.5 Å². The average Bonchev–Trinajstić information content (AvgIpc) is 2.55. The van der Waals surface area contributed by atoms with E-state index in [2.05, 4.69) is 33.8 Å². The van der Waals surface area contributed by atoms with Gasteiger partial charge in [-0.1, -0.05) is 12.1 Å². The molecule has 2 aromatic rings. The molecule has 1 amide bonds. The number of hydrogen-bond donors (Lipinski definition) is 2. The van der Waals surface area contributed by atoms with E-state index >= 15 is 0 Å². The third-order valence-electron chi connectivity index (χ3n) is 4.49. The van der Waals surface area contributed by atoms with Crippen LogP contribution in [-0.2, 0) is 4.74 Å². The number of nitrogens with zero attached hydrogens (tertiary/aromatic N) is 1. The summed E-state index contributed by atoms with van der Waals surface area (Å²) >= 11 is 0. The molecule has 5 heteroatoms. The Morgan fingerprint density at radius 3 is 2.56 bits per heavy atom. The number of fused-ring (bicyclic) bond motifs is 1. The number of benzene rings is 1. The highest BCUT2D eigenvalue weighted by Gasteiger charge is 2.24. The second-order valence-corrected chi connectivity index (χ2v) is 7.74. The number of rotatable bonds is 3. The highest BCUT2D eigenvalue weighted by atomic mass is 16.6. The smallest absolute Gasteiger partial charge is 0.407 e. The lowest BCUT2D eigenvalue weighted by Crippen LogP contribution is -2.42. The second-order valence-electron chi connectivity index (χ2n) is 7.74. The Bertz CT molecular complexity index is 726. The summed E-state index contributed by atoms with van der Waals surface area (Å²) < 4.78 is 5.34. The minimum absolute atomic E-state index is 0.199. The quantitative estimate of drug-likeness (QED) is 0.864. The van der Waals surface area contributed by atoms with Gasteiger partial charge in [-0.15, -0.1) is 0 Å². The molecular formula is C20H27N3O2. The molecule has 1 heterocycles. The highest BCUT2D eigenvalue weighted by Crippen LogP contribution is 2.27. The van der Waals surface area contributed by atoms with Crippen molar-refractivity contribution in [1.82, 2.24) is 10.3 Å². The number of pyridine rings is 1. The van der Waals surface area contributed by atoms with Gasteiger partial charge in [0.2, 0.25) is 0 Å². The van der Waals surface area contributed by atoms with E-state index in [0.29, 0.717) is 6.04 Å². The summed E-state index contributed by atoms with van der Waals surface area (Å²) in [5.41, 5.74) is 0.704. The maximum atomic E-state index is 11.9. The molecule has 0 unspecified atom stereocenters. The number of anilines is 1. The molecule has 134 valence electrons. The summed E-state index contributed by atoms with van der Waals surface area (Å²) in [6.45, 7) is 5.65. The molecule has 1 fully saturated rings. The molecule has 0 radical (unpaired) electrons. The number of aromatic nitrogens is 1. The van der Waals surface area contributed by atoms with Crippen LogP contribution in [0.1, 0.15) is 46.5 Å². The lowest BCUT2D eigenvalue weighted by atomic mass is 9.91. The Morgan fingerprint density at radius 2 is 1.84 bits per heavy atom. The lowest BCUT2D eigenvalue weighted by Gasteiger charge is -2.31. The molecule has 1 aromatic heterocycles. The van der Waals surface area contributed by atoms with Gasteiger partial charge in [0.15, 0.2) is 0 Å². The minimum atomic E-state index is -0.452. The van der Waals surface area contributed by atoms with Crippen molar-refractivity contribution in [1.29, 1.82) is 0 Å². The van der Waals surface area contributed by atoms with Gasteiger partial charge in [-0.25, -0.2) is 4.79 Å². The fourth-order valence-corrected chi connectivity index (χ4v) is 3.32. The zero-order chi connectivity index (χ0) is 17.9. The third-order valence-corrected chi connectivity index (χ3v) is 4.49. The van der Waals surface area contributed by atoms with Crippen LogP contribution < -0.4 is 10.6 Å². The molecule has 5 nitrogen and oxygen atoms in total. The number of nitrogens with one attached hydrogen (secondary N) is 2. The molecule has 0 atom stereocenters. The van der Waals surface area contributed by atoms with E-state index in [4.69, 9.17) is 4.74 Å². The Morgan fingerprint density at radius 1 is 1.12 bits per heavy atom. The molecule has 0 aliphatic heterocycles. The largest absolute Gasteiger partial charge is 0.444 e. The summed E-state index contributed by atoms with van der Waals surface area (Å²) in [4.78, 5) is 16.1. The SMILES string of the molecule is CC(C)(C)OC(=O)NC1CCC(Nc2cccc3cnccc23)CC1. The molecule has 0 saturated heterocycles. The summed E-state index contributed by atoms with van der Waals surface area (Å²) in [6, 6.07) is 8.93. The van der Waals surface area contributed by atoms with Gasteiger partial charge < -0.3 is 15.4 Å². The van der Waals surface area contributed by atoms with Gasteiger partial charge >= 0.3 is 6.09 Å². The number of hydrogen-bond acceptors (Lipinski definition) is 4. The first-order valence-electron chi connectivity index (χ1n) is 8.99. The van der Waals surface area contributed by atoms with Crippen molar-refractivity contribution in [2.24, 2.45) is 0 Å². The first kappa shape index (κ1) is 17.5. The molecule has 25 heavy (non-hydrogen) atoms. The van der Waals surface area contributed by atoms with Crippen LogP contribution in [0.5, 0.6) is 0 Å². The predicted octanol–water partition coefficient (Wildman–Crippen LogP) is 4.48. The van der Waals surface area contributed by atoms with E-state index in [-0.39, 0.29) is 12.1 Å². The summed E-state index contributed by atoms with van der Waals surface area (Å²) in [7, 11) is 0. The number of ether oxygens (including phenoxy) is 1. The fourth-order valence-electron chi connectivity index (χ4n) is 3.32. The van der Waals surface area contributed by atoms with E-state index in [1.807, 2.05) is 39.2 Å². The van der Waals surface area contributed by atoms with Crippen molar-refractivity contribution in [2.75, 3.05) is 5.32 Å². The van der Waals surface area contributed by atoms with Crippen LogP contribution in [0, 0.1) is 0 Å². The van der Waals surface area contributed by atoms with E-state index < -0.39 is 5.60 Å². The molecule has 1 aliphatic carbocycles. The normalized spacial score (nSPS) is 20.9. The van der Waals surface area contributed by atoms with Crippen LogP contribution in [0.15, 0.2) is 36.7 Å². The van der Waals surface area contributed by atoms with Crippen molar-refractivity contribution in [3.63, 3.8) is 0 Å². The monoisotopic (exact) mass is 341 g/mol. The second kappa shape index (κ2) is 7.30. The summed E-state index contributed by atoms with van der Waals surface area (Å²) in [5, 5.41) is 9.00. The van der Waals surface area contributed by atoms with Gasteiger partial charge in [0.25, 0.3) is 0 Å². The van der Waals surface area contributed by atoms with E-state index in [1.54, 1.807) is 0 Å². The first-order chi connectivity index (χ1) is 11.9. The maximum absolute atomic E-state index is 11.9. The van der Waals surface area contributed by atoms with Crippen molar-refractivity contribution in [3.05, 3.63) is 36.7 Å². The van der Waals surface area contributed by atoms with Gasteiger partial charge in [-0.05, 0) is 58.6 Å². The molecule has 1 aliphatic rings. The van der Waals surface area contributed by atoms with Gasteiger partial charge in [0, 0.05) is 40.9 Å². The van der Waals surface area contributed by atoms with Gasteiger partial charge in [-0.3, -0.25) is 4.98 Å². The van der Waals surface area contributed by atoms with Crippen LogP contribution in [-0.4, -0.2) is 28.8 Å². The van der Waals surface area contributed by atoms with Crippen molar-refractivity contribution in [2.45, 2.75) is 64.1 Å². The van der Waals surface area contributed by atoms with Crippen molar-refractivity contribution >= 4 is 22.6 Å². The number of carbonyl (C=O) groups excluding carboxylic acids is 1. The molecule has 3 rings (SSSR count). The van der Waals surface area contributed by atoms with Gasteiger partial charge in [-0.2, -0.15) is 0 Å². The standard InChI is InChI=1S/C20H27N3O2/c1-20(2,3)25-19(24)23-16-9-7-15(8-10-16)22-18-6-4-5-14-13-21-12-11-17(14)18/h4-6,11-13,15-16,22H,7-10H2,1-3H3,(H,23,24). The van der Waals surface area contributed by atoms with Crippen LogP contribution in [0.2, 0.25) is 0 Å². The molecule has 2 N–H and O–H groups in total. The highest BCUT2D eigenvalue weighted by molar-refractivity contribution is 5.93. The first-order valence-corrected chi connectivity index (χ1v) is 8.99. The Labute approximate surface area is 149 Å².